The summed E-state index contributed by atoms with van der Waals surface area (Å²) >= 11 is 12.7. The normalized spacial score (nSPS) is 15.9. The molecule has 0 bridgehead atoms. The molecule has 11 heteroatoms. The van der Waals surface area contributed by atoms with Gasteiger partial charge in [-0.3, -0.25) is 9.48 Å². The van der Waals surface area contributed by atoms with Crippen LogP contribution in [-0.4, -0.2) is 28.4 Å². The molecule has 0 atom stereocenters. The Morgan fingerprint density at radius 2 is 1.29 bits per heavy atom. The molecule has 3 aromatic rings. The van der Waals surface area contributed by atoms with Gasteiger partial charge in [-0.25, -0.2) is 0 Å². The van der Waals surface area contributed by atoms with Crippen molar-refractivity contribution in [3.8, 4) is 0 Å². The van der Waals surface area contributed by atoms with E-state index in [0.717, 1.165) is 31.7 Å². The summed E-state index contributed by atoms with van der Waals surface area (Å²) in [5.41, 5.74) is 3.62. The molecule has 1 heterocycles. The van der Waals surface area contributed by atoms with E-state index in [1.165, 1.54) is 17.0 Å². The predicted molar refractivity (Wildman–Crippen MR) is 126 cm³/mol. The Morgan fingerprint density at radius 1 is 0.765 bits per heavy atom. The van der Waals surface area contributed by atoms with Crippen LogP contribution >= 0.6 is 31.0 Å². The number of hydrogen-bond acceptors (Lipinski definition) is 1. The van der Waals surface area contributed by atoms with Gasteiger partial charge in [0.2, 0.25) is 0 Å². The van der Waals surface area contributed by atoms with Gasteiger partial charge in [-0.1, -0.05) is 83.9 Å². The molecule has 0 saturated heterocycles. The zero-order valence-electron chi connectivity index (χ0n) is 17.7. The molecule has 3 aromatic carbocycles. The van der Waals surface area contributed by atoms with Crippen LogP contribution in [-0.2, 0) is 13.1 Å². The van der Waals surface area contributed by atoms with Crippen LogP contribution in [0.3, 0.4) is 0 Å². The molecule has 0 unspecified atom stereocenters. The number of benzene rings is 3. The molecule has 0 fully saturated rings. The van der Waals surface area contributed by atoms with E-state index in [4.69, 9.17) is 23.2 Å². The molecule has 0 aliphatic carbocycles. The van der Waals surface area contributed by atoms with E-state index < -0.39 is 7.81 Å². The van der Waals surface area contributed by atoms with Crippen molar-refractivity contribution in [2.24, 2.45) is 0 Å². The van der Waals surface area contributed by atoms with Crippen molar-refractivity contribution in [3.63, 3.8) is 0 Å². The van der Waals surface area contributed by atoms with Crippen LogP contribution in [0, 0.1) is 0 Å². The zero-order chi connectivity index (χ0) is 25.0. The summed E-state index contributed by atoms with van der Waals surface area (Å²) in [7, 11) is -10.7. The minimum absolute atomic E-state index is 0.659. The van der Waals surface area contributed by atoms with Gasteiger partial charge in [0.05, 0.1) is 10.6 Å². The molecular formula is C23H21Cl2F6N2P. The van der Waals surface area contributed by atoms with Crippen LogP contribution in [0.25, 0.3) is 0 Å². The van der Waals surface area contributed by atoms with E-state index in [0.29, 0.717) is 10.0 Å². The average molecular weight is 541 g/mol. The van der Waals surface area contributed by atoms with Gasteiger partial charge in [0.25, 0.3) is 5.84 Å². The summed E-state index contributed by atoms with van der Waals surface area (Å²) in [4.78, 5) is 2.41. The second-order valence-corrected chi connectivity index (χ2v) is 10.5. The van der Waals surface area contributed by atoms with Gasteiger partial charge >= 0.3 is 33.0 Å². The quantitative estimate of drug-likeness (QED) is 0.178. The van der Waals surface area contributed by atoms with Gasteiger partial charge in [0.15, 0.2) is 0 Å². The maximum absolute atomic E-state index is 10.7. The Hall–Kier alpha value is -2.28. The first kappa shape index (κ1) is 26.3. The Kier molecular flexibility index (Phi) is 7.28. The van der Waals surface area contributed by atoms with Crippen LogP contribution in [0.4, 0.5) is 25.2 Å². The fourth-order valence-corrected chi connectivity index (χ4v) is 4.07. The molecule has 1 aliphatic rings. The van der Waals surface area contributed by atoms with Gasteiger partial charge in [0.1, 0.15) is 26.2 Å². The summed E-state index contributed by atoms with van der Waals surface area (Å²) in [6.45, 7) is 3.66. The first-order chi connectivity index (χ1) is 15.7. The Bertz CT molecular complexity index is 1160. The fourth-order valence-electron chi connectivity index (χ4n) is 3.58. The van der Waals surface area contributed by atoms with Crippen molar-refractivity contribution in [1.82, 2.24) is 4.90 Å². The molecule has 0 spiro atoms. The van der Waals surface area contributed by atoms with E-state index >= 15 is 0 Å². The molecule has 0 saturated carbocycles. The van der Waals surface area contributed by atoms with E-state index in [1.54, 1.807) is 0 Å². The fraction of sp³-hybridized carbons (Fsp3) is 0.174. The average Bonchev–Trinajstić information content (AvgIpc) is 3.09. The van der Waals surface area contributed by atoms with Crippen molar-refractivity contribution in [1.29, 1.82) is 0 Å². The summed E-state index contributed by atoms with van der Waals surface area (Å²) in [6.07, 6.45) is 0. The molecule has 2 nitrogen and oxygen atoms in total. The van der Waals surface area contributed by atoms with Gasteiger partial charge in [0, 0.05) is 5.02 Å². The molecule has 0 aromatic heterocycles. The Balaban J connectivity index is 0.000000406. The summed E-state index contributed by atoms with van der Waals surface area (Å²) < 4.78 is 61.6. The summed E-state index contributed by atoms with van der Waals surface area (Å²) in [6, 6.07) is 26.9. The third kappa shape index (κ3) is 9.16. The van der Waals surface area contributed by atoms with E-state index in [1.807, 2.05) is 18.2 Å². The monoisotopic (exact) mass is 540 g/mol. The molecular weight excluding hydrogens is 520 g/mol. The minimum atomic E-state index is -10.7. The topological polar surface area (TPSA) is 6.25 Å². The maximum atomic E-state index is 9.87. The third-order valence-corrected chi connectivity index (χ3v) is 5.39. The molecule has 34 heavy (non-hydrogen) atoms. The third-order valence-electron chi connectivity index (χ3n) is 4.84. The first-order valence-electron chi connectivity index (χ1n) is 10.1. The van der Waals surface area contributed by atoms with Crippen LogP contribution in [0.2, 0.25) is 10.0 Å². The summed E-state index contributed by atoms with van der Waals surface area (Å²) in [5, 5.41) is 1.35. The Morgan fingerprint density at radius 3 is 1.82 bits per heavy atom. The Labute approximate surface area is 203 Å². The van der Waals surface area contributed by atoms with Gasteiger partial charge in [-0.05, 0) is 29.3 Å². The van der Waals surface area contributed by atoms with Crippen molar-refractivity contribution in [2.45, 2.75) is 13.1 Å². The molecule has 0 amide bonds. The number of amidine groups is 1. The standard InChI is InChI=1S/C23H21Cl2N2.F6P/c24-20-11-12-21(22(25)15-20)23-26(16-18-7-3-1-4-8-18)13-14-27(23)17-19-9-5-2-6-10-19;1-7(2,3,4,5)6/h1-12,15H,13-14,16-17H2;/q+1;-1. The van der Waals surface area contributed by atoms with Crippen LogP contribution in [0.15, 0.2) is 78.9 Å². The second-order valence-electron chi connectivity index (χ2n) is 7.72. The summed E-state index contributed by atoms with van der Waals surface area (Å²) in [5.74, 6) is 1.17. The van der Waals surface area contributed by atoms with Crippen LogP contribution in [0.5, 0.6) is 0 Å². The predicted octanol–water partition coefficient (Wildman–Crippen LogP) is 8.85. The van der Waals surface area contributed by atoms with E-state index in [2.05, 4.69) is 70.1 Å². The molecule has 0 N–H and O–H groups in total. The van der Waals surface area contributed by atoms with Gasteiger partial charge in [-0.2, -0.15) is 0 Å². The van der Waals surface area contributed by atoms with Gasteiger partial charge in [-0.15, -0.1) is 0 Å². The number of rotatable bonds is 5. The molecule has 4 rings (SSSR count). The van der Waals surface area contributed by atoms with Crippen molar-refractivity contribution in [3.05, 3.63) is 106 Å². The van der Waals surface area contributed by atoms with E-state index in [9.17, 15) is 25.2 Å². The second kappa shape index (κ2) is 9.40. The van der Waals surface area contributed by atoms with Crippen LogP contribution in [0.1, 0.15) is 16.7 Å². The van der Waals surface area contributed by atoms with Gasteiger partial charge < -0.3 is 0 Å². The zero-order valence-corrected chi connectivity index (χ0v) is 20.1. The molecule has 1 aliphatic heterocycles. The van der Waals surface area contributed by atoms with Crippen molar-refractivity contribution < 1.29 is 29.8 Å². The number of halogens is 8. The molecule has 184 valence electrons. The van der Waals surface area contributed by atoms with Crippen LogP contribution < -0.4 is 0 Å². The molecule has 0 radical (unpaired) electrons. The number of hydrogen-bond donors (Lipinski definition) is 0. The number of nitrogens with zero attached hydrogens (tertiary/aromatic N) is 2. The first-order valence-corrected chi connectivity index (χ1v) is 12.9. The van der Waals surface area contributed by atoms with Crippen molar-refractivity contribution in [2.75, 3.05) is 13.1 Å². The van der Waals surface area contributed by atoms with Crippen molar-refractivity contribution >= 4 is 36.8 Å². The SMILES string of the molecule is Clc1ccc(C2=[N+](Cc3ccccc3)CCN2Cc2ccccc2)c(Cl)c1.F[P-](F)(F)(F)(F)F. The van der Waals surface area contributed by atoms with E-state index in [-0.39, 0.29) is 0 Å².